The van der Waals surface area contributed by atoms with E-state index in [1.807, 2.05) is 37.3 Å². The average molecular weight is 271 g/mol. The highest BCUT2D eigenvalue weighted by molar-refractivity contribution is 5.46. The summed E-state index contributed by atoms with van der Waals surface area (Å²) in [6, 6.07) is 9.74. The number of hydrogen-bond donors (Lipinski definition) is 2. The maximum atomic E-state index is 5.72. The smallest absolute Gasteiger partial charge is 0.161 e. The van der Waals surface area contributed by atoms with Gasteiger partial charge in [0, 0.05) is 11.9 Å². The van der Waals surface area contributed by atoms with Crippen LogP contribution in [0.15, 0.2) is 36.5 Å². The first kappa shape index (κ1) is 12.9. The zero-order valence-corrected chi connectivity index (χ0v) is 11.3. The molecule has 104 valence electrons. The summed E-state index contributed by atoms with van der Waals surface area (Å²) in [6.07, 6.45) is 1.78. The van der Waals surface area contributed by atoms with E-state index >= 15 is 0 Å². The SMILES string of the molecule is Cc1cc(C(NN)c2ccc3c(c2)OCCO3)ccn1. The highest BCUT2D eigenvalue weighted by Crippen LogP contribution is 2.34. The van der Waals surface area contributed by atoms with Gasteiger partial charge in [-0.25, -0.2) is 5.43 Å². The zero-order valence-electron chi connectivity index (χ0n) is 11.3. The lowest BCUT2D eigenvalue weighted by Gasteiger charge is -2.22. The standard InChI is InChI=1S/C15H17N3O2/c1-10-8-12(4-5-17-10)15(18-16)11-2-3-13-14(9-11)20-7-6-19-13/h2-5,8-9,15,18H,6-7,16H2,1H3. The van der Waals surface area contributed by atoms with Gasteiger partial charge in [-0.15, -0.1) is 0 Å². The Kier molecular flexibility index (Phi) is 3.54. The fourth-order valence-electron chi connectivity index (χ4n) is 2.37. The largest absolute Gasteiger partial charge is 0.486 e. The predicted octanol–water partition coefficient (Wildman–Crippen LogP) is 1.71. The molecule has 1 aromatic carbocycles. The molecule has 2 aromatic rings. The van der Waals surface area contributed by atoms with Gasteiger partial charge in [0.2, 0.25) is 0 Å². The first-order chi connectivity index (χ1) is 9.78. The molecule has 5 nitrogen and oxygen atoms in total. The molecule has 1 aliphatic rings. The van der Waals surface area contributed by atoms with E-state index in [9.17, 15) is 0 Å². The number of pyridine rings is 1. The van der Waals surface area contributed by atoms with Gasteiger partial charge in [0.15, 0.2) is 11.5 Å². The van der Waals surface area contributed by atoms with Gasteiger partial charge < -0.3 is 9.47 Å². The number of aryl methyl sites for hydroxylation is 1. The second-order valence-corrected chi connectivity index (χ2v) is 4.73. The van der Waals surface area contributed by atoms with E-state index in [0.29, 0.717) is 13.2 Å². The highest BCUT2D eigenvalue weighted by atomic mass is 16.6. The third kappa shape index (κ3) is 2.45. The Hall–Kier alpha value is -2.11. The lowest BCUT2D eigenvalue weighted by molar-refractivity contribution is 0.171. The van der Waals surface area contributed by atoms with Crippen LogP contribution < -0.4 is 20.7 Å². The summed E-state index contributed by atoms with van der Waals surface area (Å²) in [5.41, 5.74) is 5.90. The van der Waals surface area contributed by atoms with E-state index in [0.717, 1.165) is 28.3 Å². The molecule has 0 radical (unpaired) electrons. The van der Waals surface area contributed by atoms with E-state index in [2.05, 4.69) is 10.4 Å². The fraction of sp³-hybridized carbons (Fsp3) is 0.267. The molecule has 1 atom stereocenters. The second kappa shape index (κ2) is 5.48. The summed E-state index contributed by atoms with van der Waals surface area (Å²) in [5, 5.41) is 0. The van der Waals surface area contributed by atoms with E-state index in [4.69, 9.17) is 15.3 Å². The summed E-state index contributed by atoms with van der Waals surface area (Å²) in [5.74, 6) is 7.26. The number of hydrazine groups is 1. The minimum absolute atomic E-state index is 0.104. The third-order valence-corrected chi connectivity index (χ3v) is 3.32. The van der Waals surface area contributed by atoms with E-state index in [-0.39, 0.29) is 6.04 Å². The van der Waals surface area contributed by atoms with Crippen LogP contribution in [0.5, 0.6) is 11.5 Å². The van der Waals surface area contributed by atoms with Gasteiger partial charge in [-0.3, -0.25) is 10.8 Å². The normalized spacial score (nSPS) is 14.9. The number of aromatic nitrogens is 1. The molecule has 2 heterocycles. The van der Waals surface area contributed by atoms with Gasteiger partial charge in [0.25, 0.3) is 0 Å². The Balaban J connectivity index is 1.97. The molecule has 0 spiro atoms. The molecular formula is C15H17N3O2. The number of nitrogens with two attached hydrogens (primary N) is 1. The van der Waals surface area contributed by atoms with E-state index in [1.54, 1.807) is 6.20 Å². The molecule has 20 heavy (non-hydrogen) atoms. The summed E-state index contributed by atoms with van der Waals surface area (Å²) in [4.78, 5) is 4.21. The van der Waals surface area contributed by atoms with Crippen LogP contribution >= 0.6 is 0 Å². The molecule has 0 aliphatic carbocycles. The number of hydrogen-bond acceptors (Lipinski definition) is 5. The van der Waals surface area contributed by atoms with Crippen molar-refractivity contribution < 1.29 is 9.47 Å². The lowest BCUT2D eigenvalue weighted by atomic mass is 9.99. The molecule has 0 saturated heterocycles. The number of ether oxygens (including phenoxy) is 2. The van der Waals surface area contributed by atoms with E-state index in [1.165, 1.54) is 0 Å². The molecule has 3 N–H and O–H groups in total. The van der Waals surface area contributed by atoms with Crippen molar-refractivity contribution in [3.05, 3.63) is 53.3 Å². The van der Waals surface area contributed by atoms with Crippen molar-refractivity contribution >= 4 is 0 Å². The van der Waals surface area contributed by atoms with Crippen LogP contribution in [0.25, 0.3) is 0 Å². The number of benzene rings is 1. The van der Waals surface area contributed by atoms with Crippen molar-refractivity contribution in [2.45, 2.75) is 13.0 Å². The Morgan fingerprint density at radius 1 is 1.10 bits per heavy atom. The van der Waals surface area contributed by atoms with Crippen LogP contribution in [0.2, 0.25) is 0 Å². The molecule has 1 aromatic heterocycles. The quantitative estimate of drug-likeness (QED) is 0.657. The minimum Gasteiger partial charge on any atom is -0.486 e. The Morgan fingerprint density at radius 3 is 2.60 bits per heavy atom. The van der Waals surface area contributed by atoms with Gasteiger partial charge >= 0.3 is 0 Å². The maximum Gasteiger partial charge on any atom is 0.161 e. The predicted molar refractivity (Wildman–Crippen MR) is 75.6 cm³/mol. The monoisotopic (exact) mass is 271 g/mol. The first-order valence-corrected chi connectivity index (χ1v) is 6.56. The van der Waals surface area contributed by atoms with Crippen molar-refractivity contribution in [3.8, 4) is 11.5 Å². The van der Waals surface area contributed by atoms with Gasteiger partial charge in [-0.05, 0) is 42.3 Å². The molecular weight excluding hydrogens is 254 g/mol. The molecule has 3 rings (SSSR count). The molecule has 1 unspecified atom stereocenters. The van der Waals surface area contributed by atoms with Crippen LogP contribution in [0.3, 0.4) is 0 Å². The van der Waals surface area contributed by atoms with Crippen LogP contribution in [0, 0.1) is 6.92 Å². The molecule has 1 aliphatic heterocycles. The Morgan fingerprint density at radius 2 is 1.85 bits per heavy atom. The summed E-state index contributed by atoms with van der Waals surface area (Å²) >= 11 is 0. The fourth-order valence-corrected chi connectivity index (χ4v) is 2.37. The van der Waals surface area contributed by atoms with Gasteiger partial charge in [0.1, 0.15) is 13.2 Å². The summed E-state index contributed by atoms with van der Waals surface area (Å²) in [6.45, 7) is 3.13. The number of nitrogens with one attached hydrogen (secondary N) is 1. The Labute approximate surface area is 117 Å². The Bertz CT molecular complexity index is 616. The topological polar surface area (TPSA) is 69.4 Å². The third-order valence-electron chi connectivity index (χ3n) is 3.32. The number of fused-ring (bicyclic) bond motifs is 1. The number of rotatable bonds is 3. The minimum atomic E-state index is -0.104. The molecule has 0 amide bonds. The summed E-state index contributed by atoms with van der Waals surface area (Å²) in [7, 11) is 0. The zero-order chi connectivity index (χ0) is 13.9. The van der Waals surface area contributed by atoms with Gasteiger partial charge in [-0.2, -0.15) is 0 Å². The maximum absolute atomic E-state index is 5.72. The number of nitrogens with zero attached hydrogens (tertiary/aromatic N) is 1. The van der Waals surface area contributed by atoms with Crippen LogP contribution in [-0.4, -0.2) is 18.2 Å². The highest BCUT2D eigenvalue weighted by Gasteiger charge is 2.17. The lowest BCUT2D eigenvalue weighted by Crippen LogP contribution is -2.29. The van der Waals surface area contributed by atoms with Gasteiger partial charge in [0.05, 0.1) is 6.04 Å². The molecule has 0 fully saturated rings. The van der Waals surface area contributed by atoms with Crippen LogP contribution in [-0.2, 0) is 0 Å². The first-order valence-electron chi connectivity index (χ1n) is 6.56. The van der Waals surface area contributed by atoms with Crippen molar-refractivity contribution in [1.82, 2.24) is 10.4 Å². The second-order valence-electron chi connectivity index (χ2n) is 4.73. The van der Waals surface area contributed by atoms with Crippen LogP contribution in [0.4, 0.5) is 0 Å². The summed E-state index contributed by atoms with van der Waals surface area (Å²) < 4.78 is 11.1. The van der Waals surface area contributed by atoms with E-state index < -0.39 is 0 Å². The van der Waals surface area contributed by atoms with Crippen molar-refractivity contribution in [1.29, 1.82) is 0 Å². The molecule has 0 bridgehead atoms. The molecule has 5 heteroatoms. The van der Waals surface area contributed by atoms with Crippen molar-refractivity contribution in [2.75, 3.05) is 13.2 Å². The van der Waals surface area contributed by atoms with Crippen LogP contribution in [0.1, 0.15) is 22.9 Å². The average Bonchev–Trinajstić information content (AvgIpc) is 2.48. The van der Waals surface area contributed by atoms with Crippen molar-refractivity contribution in [2.24, 2.45) is 5.84 Å². The molecule has 0 saturated carbocycles. The van der Waals surface area contributed by atoms with Crippen molar-refractivity contribution in [3.63, 3.8) is 0 Å². The van der Waals surface area contributed by atoms with Gasteiger partial charge in [-0.1, -0.05) is 6.07 Å².